The number of thioether (sulfide) groups is 1. The molecular formula is C18H17N3O3S2. The Morgan fingerprint density at radius 3 is 2.58 bits per heavy atom. The Morgan fingerprint density at radius 2 is 1.92 bits per heavy atom. The summed E-state index contributed by atoms with van der Waals surface area (Å²) in [7, 11) is 0. The smallest absolute Gasteiger partial charge is 0.260 e. The molecule has 3 rings (SSSR count). The molecule has 0 saturated heterocycles. The molecule has 3 aromatic rings. The Kier molecular flexibility index (Phi) is 5.24. The van der Waals surface area contributed by atoms with Crippen molar-refractivity contribution < 1.29 is 9.59 Å². The van der Waals surface area contributed by atoms with Crippen LogP contribution in [0.1, 0.15) is 27.7 Å². The summed E-state index contributed by atoms with van der Waals surface area (Å²) >= 11 is 2.35. The first-order chi connectivity index (χ1) is 12.3. The number of fused-ring (bicyclic) bond motifs is 1. The number of rotatable bonds is 5. The van der Waals surface area contributed by atoms with Crippen molar-refractivity contribution in [3.63, 3.8) is 0 Å². The van der Waals surface area contributed by atoms with Gasteiger partial charge in [-0.15, -0.1) is 11.3 Å². The topological polar surface area (TPSA) is 91.9 Å². The van der Waals surface area contributed by atoms with E-state index < -0.39 is 0 Å². The minimum Gasteiger partial charge on any atom is -0.325 e. The Hall–Kier alpha value is -2.45. The molecule has 0 unspecified atom stereocenters. The molecule has 2 heterocycles. The highest BCUT2D eigenvalue weighted by Gasteiger charge is 2.17. The summed E-state index contributed by atoms with van der Waals surface area (Å²) in [6.07, 6.45) is 0. The number of aryl methyl sites for hydroxylation is 2. The number of nitrogens with one attached hydrogen (secondary N) is 2. The van der Waals surface area contributed by atoms with Gasteiger partial charge in [-0.2, -0.15) is 0 Å². The third kappa shape index (κ3) is 3.86. The van der Waals surface area contributed by atoms with Crippen LogP contribution in [0.25, 0.3) is 10.2 Å². The summed E-state index contributed by atoms with van der Waals surface area (Å²) in [6, 6.07) is 7.51. The molecule has 0 atom stereocenters. The van der Waals surface area contributed by atoms with Crippen LogP contribution in [-0.2, 0) is 4.79 Å². The first-order valence-corrected chi connectivity index (χ1v) is 9.69. The number of nitrogens with zero attached hydrogens (tertiary/aromatic N) is 1. The summed E-state index contributed by atoms with van der Waals surface area (Å²) in [5.74, 6) is -0.156. The van der Waals surface area contributed by atoms with Gasteiger partial charge in [-0.3, -0.25) is 14.4 Å². The molecule has 0 aliphatic carbocycles. The number of hydrogen-bond donors (Lipinski definition) is 2. The van der Waals surface area contributed by atoms with Crippen molar-refractivity contribution in [3.8, 4) is 0 Å². The van der Waals surface area contributed by atoms with Crippen molar-refractivity contribution >= 4 is 50.7 Å². The number of Topliss-reactive ketones (excluding diaryl/α,β-unsaturated/α-hetero) is 1. The number of anilines is 1. The average Bonchev–Trinajstić information content (AvgIpc) is 2.92. The van der Waals surface area contributed by atoms with E-state index in [9.17, 15) is 14.4 Å². The van der Waals surface area contributed by atoms with Crippen LogP contribution in [0, 0.1) is 13.8 Å². The molecule has 0 aliphatic heterocycles. The number of aromatic nitrogens is 2. The number of aromatic amines is 1. The minimum atomic E-state index is -0.294. The zero-order valence-corrected chi connectivity index (χ0v) is 16.1. The van der Waals surface area contributed by atoms with Crippen LogP contribution in [-0.4, -0.2) is 27.4 Å². The number of ketones is 1. The molecule has 1 aromatic carbocycles. The average molecular weight is 387 g/mol. The standard InChI is InChI=1S/C18H17N3O3S2/c1-9-4-6-12(7-5-9)19-13(23)8-25-18-20-16(24)14-10(2)15(11(3)22)26-17(14)21-18/h4-7H,8H2,1-3H3,(H,19,23)(H,20,21,24). The largest absolute Gasteiger partial charge is 0.325 e. The SMILES string of the molecule is CC(=O)c1sc2nc(SCC(=O)Nc3ccc(C)cc3)[nH]c(=O)c2c1C. The molecular weight excluding hydrogens is 370 g/mol. The minimum absolute atomic E-state index is 0.0865. The number of carbonyl (C=O) groups excluding carboxylic acids is 2. The molecule has 8 heteroatoms. The van der Waals surface area contributed by atoms with Gasteiger partial charge in [-0.25, -0.2) is 4.98 Å². The molecule has 26 heavy (non-hydrogen) atoms. The number of amides is 1. The second kappa shape index (κ2) is 7.43. The van der Waals surface area contributed by atoms with Gasteiger partial charge in [0.1, 0.15) is 4.83 Å². The maximum atomic E-state index is 12.3. The molecule has 0 radical (unpaired) electrons. The van der Waals surface area contributed by atoms with E-state index >= 15 is 0 Å². The van der Waals surface area contributed by atoms with Gasteiger partial charge in [0.05, 0.1) is 16.0 Å². The summed E-state index contributed by atoms with van der Waals surface area (Å²) in [5, 5.41) is 3.60. The maximum absolute atomic E-state index is 12.3. The molecule has 0 aliphatic rings. The van der Waals surface area contributed by atoms with Gasteiger partial charge < -0.3 is 10.3 Å². The van der Waals surface area contributed by atoms with E-state index in [-0.39, 0.29) is 23.0 Å². The summed E-state index contributed by atoms with van der Waals surface area (Å²) in [4.78, 5) is 44.2. The Morgan fingerprint density at radius 1 is 1.23 bits per heavy atom. The molecule has 1 amide bonds. The predicted molar refractivity (Wildman–Crippen MR) is 106 cm³/mol. The van der Waals surface area contributed by atoms with Crippen LogP contribution in [0.15, 0.2) is 34.2 Å². The predicted octanol–water partition coefficient (Wildman–Crippen LogP) is 3.53. The van der Waals surface area contributed by atoms with Gasteiger partial charge in [0.2, 0.25) is 5.91 Å². The highest BCUT2D eigenvalue weighted by Crippen LogP contribution is 2.28. The lowest BCUT2D eigenvalue weighted by atomic mass is 10.2. The number of H-pyrrole nitrogens is 1. The van der Waals surface area contributed by atoms with Crippen LogP contribution in [0.5, 0.6) is 0 Å². The van der Waals surface area contributed by atoms with Gasteiger partial charge in [-0.1, -0.05) is 29.5 Å². The molecule has 0 spiro atoms. The number of carbonyl (C=O) groups is 2. The van der Waals surface area contributed by atoms with Gasteiger partial charge in [0, 0.05) is 5.69 Å². The summed E-state index contributed by atoms with van der Waals surface area (Å²) < 4.78 is 0. The molecule has 0 bridgehead atoms. The molecule has 2 aromatic heterocycles. The fourth-order valence-corrected chi connectivity index (χ4v) is 4.29. The van der Waals surface area contributed by atoms with Crippen molar-refractivity contribution in [1.29, 1.82) is 0 Å². The van der Waals surface area contributed by atoms with E-state index in [2.05, 4.69) is 15.3 Å². The lowest BCUT2D eigenvalue weighted by Gasteiger charge is -2.05. The van der Waals surface area contributed by atoms with Crippen molar-refractivity contribution in [2.75, 3.05) is 11.1 Å². The maximum Gasteiger partial charge on any atom is 0.260 e. The van der Waals surface area contributed by atoms with Crippen LogP contribution in [0.4, 0.5) is 5.69 Å². The zero-order valence-electron chi connectivity index (χ0n) is 14.5. The quantitative estimate of drug-likeness (QED) is 0.397. The second-order valence-electron chi connectivity index (χ2n) is 5.87. The number of hydrogen-bond acceptors (Lipinski definition) is 6. The molecule has 134 valence electrons. The van der Waals surface area contributed by atoms with E-state index in [1.165, 1.54) is 18.3 Å². The van der Waals surface area contributed by atoms with Crippen LogP contribution in [0.3, 0.4) is 0 Å². The zero-order chi connectivity index (χ0) is 18.8. The monoisotopic (exact) mass is 387 g/mol. The van der Waals surface area contributed by atoms with Gasteiger partial charge in [-0.05, 0) is 38.5 Å². The summed E-state index contributed by atoms with van der Waals surface area (Å²) in [6.45, 7) is 5.19. The van der Waals surface area contributed by atoms with Crippen molar-refractivity contribution in [2.45, 2.75) is 25.9 Å². The molecule has 2 N–H and O–H groups in total. The van der Waals surface area contributed by atoms with Crippen LogP contribution in [0.2, 0.25) is 0 Å². The normalized spacial score (nSPS) is 10.9. The Bertz CT molecular complexity index is 1050. The Balaban J connectivity index is 1.74. The van der Waals surface area contributed by atoms with Crippen molar-refractivity contribution in [2.24, 2.45) is 0 Å². The Labute approximate surface area is 158 Å². The number of thiophene rings is 1. The van der Waals surface area contributed by atoms with E-state index in [1.54, 1.807) is 6.92 Å². The molecule has 0 fully saturated rings. The third-order valence-electron chi connectivity index (χ3n) is 3.77. The highest BCUT2D eigenvalue weighted by molar-refractivity contribution is 7.99. The van der Waals surface area contributed by atoms with Gasteiger partial charge in [0.25, 0.3) is 5.56 Å². The molecule has 0 saturated carbocycles. The first kappa shape index (κ1) is 18.3. The van der Waals surface area contributed by atoms with Gasteiger partial charge >= 0.3 is 0 Å². The first-order valence-electron chi connectivity index (χ1n) is 7.89. The van der Waals surface area contributed by atoms with Crippen LogP contribution >= 0.6 is 23.1 Å². The lowest BCUT2D eigenvalue weighted by molar-refractivity contribution is -0.113. The molecule has 6 nitrogen and oxygen atoms in total. The second-order valence-corrected chi connectivity index (χ2v) is 7.83. The fraction of sp³-hybridized carbons (Fsp3) is 0.222. The van der Waals surface area contributed by atoms with E-state index in [0.717, 1.165) is 23.0 Å². The van der Waals surface area contributed by atoms with Crippen molar-refractivity contribution in [1.82, 2.24) is 9.97 Å². The number of benzene rings is 1. The van der Waals surface area contributed by atoms with E-state index in [1.807, 2.05) is 31.2 Å². The van der Waals surface area contributed by atoms with E-state index in [0.29, 0.717) is 25.8 Å². The van der Waals surface area contributed by atoms with Crippen molar-refractivity contribution in [3.05, 3.63) is 50.6 Å². The van der Waals surface area contributed by atoms with Gasteiger partial charge in [0.15, 0.2) is 10.9 Å². The highest BCUT2D eigenvalue weighted by atomic mass is 32.2. The van der Waals surface area contributed by atoms with Crippen LogP contribution < -0.4 is 10.9 Å². The lowest BCUT2D eigenvalue weighted by Crippen LogP contribution is -2.15. The summed E-state index contributed by atoms with van der Waals surface area (Å²) in [5.41, 5.74) is 2.19. The fourth-order valence-electron chi connectivity index (χ4n) is 2.50. The third-order valence-corrected chi connectivity index (χ3v) is 5.93. The van der Waals surface area contributed by atoms with E-state index in [4.69, 9.17) is 0 Å².